The van der Waals surface area contributed by atoms with Crippen molar-refractivity contribution in [3.05, 3.63) is 348 Å². The lowest BCUT2D eigenvalue weighted by molar-refractivity contribution is 0.660. The van der Waals surface area contributed by atoms with E-state index in [0.29, 0.717) is 5.92 Å². The van der Waals surface area contributed by atoms with Crippen LogP contribution in [0.2, 0.25) is 0 Å². The second-order valence-corrected chi connectivity index (χ2v) is 24.8. The van der Waals surface area contributed by atoms with E-state index < -0.39 is 5.41 Å². The van der Waals surface area contributed by atoms with Gasteiger partial charge < -0.3 is 9.47 Å². The van der Waals surface area contributed by atoms with Crippen LogP contribution in [0.1, 0.15) is 79.0 Å². The molecule has 0 saturated heterocycles. The van der Waals surface area contributed by atoms with Gasteiger partial charge in [0.25, 0.3) is 0 Å². The van der Waals surface area contributed by atoms with E-state index in [0.717, 1.165) is 29.0 Å². The zero-order valence-electron chi connectivity index (χ0n) is 50.1. The first kappa shape index (κ1) is 53.0. The lowest BCUT2D eigenvalue weighted by Crippen LogP contribution is -2.28. The summed E-state index contributed by atoms with van der Waals surface area (Å²) in [5, 5.41) is 2.45. The monoisotopic (exact) mass is 1130 g/mol. The van der Waals surface area contributed by atoms with Gasteiger partial charge in [-0.2, -0.15) is 0 Å². The molecule has 0 spiro atoms. The number of fused-ring (bicyclic) bond motifs is 9. The van der Waals surface area contributed by atoms with Crippen LogP contribution in [0, 0.1) is 0 Å². The quantitative estimate of drug-likeness (QED) is 0.118. The molecular weight excluding hydrogens is 1060 g/mol. The van der Waals surface area contributed by atoms with Crippen LogP contribution < -0.4 is 4.90 Å². The normalized spacial score (nSPS) is 13.6. The highest BCUT2D eigenvalue weighted by Gasteiger charge is 2.46. The second-order valence-electron chi connectivity index (χ2n) is 24.8. The van der Waals surface area contributed by atoms with Gasteiger partial charge in [0.05, 0.1) is 16.4 Å². The van der Waals surface area contributed by atoms with Gasteiger partial charge in [-0.15, -0.1) is 0 Å². The standard InChI is InChI=1S/C86H66N2/c1-5-57(2)58-29-31-60(32-30-58)61-33-35-63(36-34-61)65-41-51-83-77(53-65)78-54-66(42-52-84(78)88(83)72-48-49-75-73-25-15-17-27-79(73)85(3,4)81(75)55-72)64-39-45-70(46-40-64)87(69-43-37-62(38-44-69)59-19-9-6-10-20-59)71-47-50-76-74-26-16-18-28-80(74)86(82(76)56-71,67-21-11-7-12-22-67)68-23-13-8-14-24-68/h6-57H,5H2,1-4H3. The molecule has 16 rings (SSSR count). The molecule has 1 heterocycles. The van der Waals surface area contributed by atoms with E-state index in [1.165, 1.54) is 128 Å². The van der Waals surface area contributed by atoms with E-state index in [9.17, 15) is 0 Å². The molecule has 420 valence electrons. The Balaban J connectivity index is 0.823. The molecule has 0 amide bonds. The minimum Gasteiger partial charge on any atom is -0.310 e. The molecule has 88 heavy (non-hydrogen) atoms. The molecule has 2 nitrogen and oxygen atoms in total. The molecule has 2 aliphatic rings. The Kier molecular flexibility index (Phi) is 12.7. The Morgan fingerprint density at radius 1 is 0.330 bits per heavy atom. The fraction of sp³-hybridized carbons (Fsp3) is 0.0930. The van der Waals surface area contributed by atoms with Crippen LogP contribution in [0.15, 0.2) is 309 Å². The highest BCUT2D eigenvalue weighted by Crippen LogP contribution is 2.58. The summed E-state index contributed by atoms with van der Waals surface area (Å²) >= 11 is 0. The fourth-order valence-corrected chi connectivity index (χ4v) is 14.8. The molecule has 0 fully saturated rings. The third-order valence-corrected chi connectivity index (χ3v) is 19.6. The highest BCUT2D eigenvalue weighted by atomic mass is 15.1. The van der Waals surface area contributed by atoms with Crippen molar-refractivity contribution in [3.63, 3.8) is 0 Å². The van der Waals surface area contributed by atoms with Gasteiger partial charge in [-0.1, -0.05) is 264 Å². The van der Waals surface area contributed by atoms with E-state index >= 15 is 0 Å². The molecular formula is C86H66N2. The van der Waals surface area contributed by atoms with Gasteiger partial charge in [-0.25, -0.2) is 0 Å². The average Bonchev–Trinajstić information content (AvgIpc) is 1.57. The van der Waals surface area contributed by atoms with Crippen molar-refractivity contribution in [1.82, 2.24) is 4.57 Å². The Bertz CT molecular complexity index is 4900. The van der Waals surface area contributed by atoms with Gasteiger partial charge in [-0.05, 0) is 191 Å². The van der Waals surface area contributed by atoms with E-state index in [2.05, 4.69) is 347 Å². The van der Waals surface area contributed by atoms with Crippen molar-refractivity contribution < 1.29 is 0 Å². The number of nitrogens with zero attached hydrogens (tertiary/aromatic N) is 2. The first-order valence-corrected chi connectivity index (χ1v) is 31.2. The summed E-state index contributed by atoms with van der Waals surface area (Å²) < 4.78 is 2.49. The minimum absolute atomic E-state index is 0.127. The molecule has 13 aromatic carbocycles. The van der Waals surface area contributed by atoms with Gasteiger partial charge in [0.2, 0.25) is 0 Å². The van der Waals surface area contributed by atoms with Crippen LogP contribution in [0.3, 0.4) is 0 Å². The zero-order chi connectivity index (χ0) is 59.1. The summed E-state index contributed by atoms with van der Waals surface area (Å²) in [4.78, 5) is 2.44. The second kappa shape index (κ2) is 21.2. The molecule has 1 atom stereocenters. The van der Waals surface area contributed by atoms with Crippen molar-refractivity contribution in [1.29, 1.82) is 0 Å². The average molecular weight is 1130 g/mol. The predicted molar refractivity (Wildman–Crippen MR) is 371 cm³/mol. The smallest absolute Gasteiger partial charge is 0.0714 e. The van der Waals surface area contributed by atoms with E-state index in [1.54, 1.807) is 0 Å². The van der Waals surface area contributed by atoms with Crippen molar-refractivity contribution in [2.45, 2.75) is 50.9 Å². The maximum atomic E-state index is 2.49. The predicted octanol–water partition coefficient (Wildman–Crippen LogP) is 23.1. The van der Waals surface area contributed by atoms with Crippen molar-refractivity contribution in [2.75, 3.05) is 4.90 Å². The van der Waals surface area contributed by atoms with Crippen LogP contribution in [-0.4, -0.2) is 4.57 Å². The minimum atomic E-state index is -0.534. The third-order valence-electron chi connectivity index (χ3n) is 19.6. The molecule has 0 N–H and O–H groups in total. The number of benzene rings is 13. The van der Waals surface area contributed by atoms with Gasteiger partial charge in [-0.3, -0.25) is 0 Å². The lowest BCUT2D eigenvalue weighted by Gasteiger charge is -2.35. The first-order chi connectivity index (χ1) is 43.2. The topological polar surface area (TPSA) is 8.17 Å². The molecule has 0 saturated carbocycles. The highest BCUT2D eigenvalue weighted by molar-refractivity contribution is 6.12. The summed E-state index contributed by atoms with van der Waals surface area (Å²) in [5.41, 5.74) is 30.1. The molecule has 2 heteroatoms. The molecule has 2 aliphatic carbocycles. The number of hydrogen-bond donors (Lipinski definition) is 0. The van der Waals surface area contributed by atoms with Crippen molar-refractivity contribution in [3.8, 4) is 72.4 Å². The maximum absolute atomic E-state index is 2.49. The van der Waals surface area contributed by atoms with Crippen LogP contribution in [0.5, 0.6) is 0 Å². The van der Waals surface area contributed by atoms with E-state index in [4.69, 9.17) is 0 Å². The Hall–Kier alpha value is -10.5. The number of aromatic nitrogens is 1. The number of hydrogen-bond acceptors (Lipinski definition) is 1. The fourth-order valence-electron chi connectivity index (χ4n) is 14.8. The van der Waals surface area contributed by atoms with E-state index in [-0.39, 0.29) is 5.41 Å². The summed E-state index contributed by atoms with van der Waals surface area (Å²) in [7, 11) is 0. The number of anilines is 3. The summed E-state index contributed by atoms with van der Waals surface area (Å²) in [5.74, 6) is 0.552. The molecule has 1 unspecified atom stereocenters. The Labute approximate surface area is 517 Å². The SMILES string of the molecule is CCC(C)c1ccc(-c2ccc(-c3ccc4c(c3)c3cc(-c5ccc(N(c6ccc(-c7ccccc7)cc6)c6ccc7c(c6)C(c6ccccc6)(c6ccccc6)c6ccccc6-7)cc5)ccc3n4-c3ccc4c(c3)C(C)(C)c3ccccc3-4)cc2)cc1. The van der Waals surface area contributed by atoms with E-state index in [1.807, 2.05) is 0 Å². The van der Waals surface area contributed by atoms with Crippen molar-refractivity contribution in [2.24, 2.45) is 0 Å². The Morgan fingerprint density at radius 3 is 1.27 bits per heavy atom. The third kappa shape index (κ3) is 8.53. The molecule has 0 bridgehead atoms. The van der Waals surface area contributed by atoms with Crippen LogP contribution >= 0.6 is 0 Å². The van der Waals surface area contributed by atoms with Crippen LogP contribution in [0.25, 0.3) is 94.3 Å². The summed E-state index contributed by atoms with van der Waals surface area (Å²) in [6.07, 6.45) is 1.14. The molecule has 0 radical (unpaired) electrons. The molecule has 1 aromatic heterocycles. The zero-order valence-corrected chi connectivity index (χ0v) is 50.1. The maximum Gasteiger partial charge on any atom is 0.0714 e. The number of rotatable bonds is 12. The first-order valence-electron chi connectivity index (χ1n) is 31.2. The van der Waals surface area contributed by atoms with Crippen LogP contribution in [-0.2, 0) is 10.8 Å². The van der Waals surface area contributed by atoms with Crippen molar-refractivity contribution >= 4 is 38.9 Å². The lowest BCUT2D eigenvalue weighted by atomic mass is 9.67. The molecule has 14 aromatic rings. The summed E-state index contributed by atoms with van der Waals surface area (Å²) in [6, 6.07) is 116. The van der Waals surface area contributed by atoms with Gasteiger partial charge in [0, 0.05) is 38.9 Å². The van der Waals surface area contributed by atoms with Crippen LogP contribution in [0.4, 0.5) is 17.1 Å². The van der Waals surface area contributed by atoms with Gasteiger partial charge in [0.1, 0.15) is 0 Å². The summed E-state index contributed by atoms with van der Waals surface area (Å²) in [6.45, 7) is 9.31. The molecule has 0 aliphatic heterocycles. The van der Waals surface area contributed by atoms with Gasteiger partial charge in [0.15, 0.2) is 0 Å². The largest absolute Gasteiger partial charge is 0.310 e. The van der Waals surface area contributed by atoms with Gasteiger partial charge >= 0.3 is 0 Å². The Morgan fingerprint density at radius 2 is 0.727 bits per heavy atom.